The molecule has 5 heteroatoms. The van der Waals surface area contributed by atoms with Crippen LogP contribution >= 0.6 is 11.6 Å². The van der Waals surface area contributed by atoms with Crippen molar-refractivity contribution in [2.24, 2.45) is 0 Å². The third-order valence-corrected chi connectivity index (χ3v) is 5.49. The normalized spacial score (nSPS) is 16.2. The molecule has 128 valence electrons. The zero-order valence-corrected chi connectivity index (χ0v) is 14.7. The maximum Gasteiger partial charge on any atom is 0.230 e. The molecule has 0 bridgehead atoms. The van der Waals surface area contributed by atoms with E-state index in [0.717, 1.165) is 42.3 Å². The first kappa shape index (κ1) is 16.2. The second-order valence-corrected chi connectivity index (χ2v) is 7.12. The molecule has 1 amide bonds. The molecular formula is C20H20ClN3O. The summed E-state index contributed by atoms with van der Waals surface area (Å²) in [6, 6.07) is 13.7. The molecule has 1 N–H and O–H groups in total. The third-order valence-electron chi connectivity index (χ3n) is 5.23. The van der Waals surface area contributed by atoms with Crippen LogP contribution in [0.15, 0.2) is 54.9 Å². The molecule has 0 spiro atoms. The number of rotatable bonds is 4. The first-order chi connectivity index (χ1) is 12.2. The fourth-order valence-corrected chi connectivity index (χ4v) is 3.99. The Hall–Kier alpha value is -2.33. The number of aromatic nitrogens is 2. The van der Waals surface area contributed by atoms with Crippen LogP contribution in [0.3, 0.4) is 0 Å². The van der Waals surface area contributed by atoms with E-state index >= 15 is 0 Å². The summed E-state index contributed by atoms with van der Waals surface area (Å²) in [7, 11) is 0. The number of halogens is 1. The summed E-state index contributed by atoms with van der Waals surface area (Å²) < 4.78 is 1.83. The van der Waals surface area contributed by atoms with E-state index in [1.165, 1.54) is 0 Å². The minimum Gasteiger partial charge on any atom is -0.351 e. The Morgan fingerprint density at radius 3 is 2.68 bits per heavy atom. The summed E-state index contributed by atoms with van der Waals surface area (Å²) in [5.41, 5.74) is 2.67. The van der Waals surface area contributed by atoms with Gasteiger partial charge in [-0.15, -0.1) is 0 Å². The number of fused-ring (bicyclic) bond motifs is 1. The summed E-state index contributed by atoms with van der Waals surface area (Å²) in [5, 5.41) is 8.18. The highest BCUT2D eigenvalue weighted by Gasteiger charge is 2.42. The second-order valence-electron chi connectivity index (χ2n) is 6.68. The maximum absolute atomic E-state index is 13.1. The fourth-order valence-electron chi connectivity index (χ4n) is 3.86. The minimum absolute atomic E-state index is 0.0996. The maximum atomic E-state index is 13.1. The van der Waals surface area contributed by atoms with E-state index < -0.39 is 5.41 Å². The fraction of sp³-hybridized carbons (Fsp3) is 0.300. The van der Waals surface area contributed by atoms with Crippen molar-refractivity contribution in [1.82, 2.24) is 14.9 Å². The number of nitrogens with zero attached hydrogens (tertiary/aromatic N) is 2. The van der Waals surface area contributed by atoms with Gasteiger partial charge in [0.2, 0.25) is 5.91 Å². The lowest BCUT2D eigenvalue weighted by Crippen LogP contribution is -2.42. The first-order valence-corrected chi connectivity index (χ1v) is 9.02. The Kier molecular flexibility index (Phi) is 4.22. The van der Waals surface area contributed by atoms with E-state index in [-0.39, 0.29) is 5.91 Å². The van der Waals surface area contributed by atoms with E-state index in [0.29, 0.717) is 11.6 Å². The van der Waals surface area contributed by atoms with Gasteiger partial charge in [0.05, 0.1) is 17.1 Å². The van der Waals surface area contributed by atoms with E-state index in [4.69, 9.17) is 11.6 Å². The molecule has 1 aliphatic rings. The Morgan fingerprint density at radius 1 is 1.16 bits per heavy atom. The number of carbonyl (C=O) groups excluding carboxylic acids is 1. The van der Waals surface area contributed by atoms with Gasteiger partial charge in [-0.1, -0.05) is 42.6 Å². The van der Waals surface area contributed by atoms with E-state index in [1.54, 1.807) is 0 Å². The van der Waals surface area contributed by atoms with E-state index in [2.05, 4.69) is 10.4 Å². The number of hydrogen-bond donors (Lipinski definition) is 1. The highest BCUT2D eigenvalue weighted by Crippen LogP contribution is 2.41. The number of amides is 1. The molecule has 25 heavy (non-hydrogen) atoms. The molecule has 1 aliphatic carbocycles. The van der Waals surface area contributed by atoms with Gasteiger partial charge in [0.15, 0.2) is 0 Å². The first-order valence-electron chi connectivity index (χ1n) is 8.65. The van der Waals surface area contributed by atoms with Crippen molar-refractivity contribution in [3.63, 3.8) is 0 Å². The zero-order valence-electron chi connectivity index (χ0n) is 13.9. The van der Waals surface area contributed by atoms with Crippen LogP contribution in [0.1, 0.15) is 36.8 Å². The zero-order chi connectivity index (χ0) is 17.3. The van der Waals surface area contributed by atoms with Gasteiger partial charge < -0.3 is 5.32 Å². The largest absolute Gasteiger partial charge is 0.351 e. The molecule has 0 aliphatic heterocycles. The van der Waals surface area contributed by atoms with Crippen molar-refractivity contribution >= 4 is 23.0 Å². The Bertz CT molecular complexity index is 895. The standard InChI is InChI=1S/C20H20ClN3O/c21-17-8-6-16(7-9-17)20(10-2-3-11-20)19(25)22-13-15-14-23-24-12-4-1-5-18(15)24/h1,4-9,12,14H,2-3,10-11,13H2,(H,22,25). The van der Waals surface area contributed by atoms with Gasteiger partial charge in [0.25, 0.3) is 0 Å². The van der Waals surface area contributed by atoms with Crippen molar-refractivity contribution in [2.75, 3.05) is 0 Å². The van der Waals surface area contributed by atoms with Gasteiger partial charge in [0.1, 0.15) is 0 Å². The van der Waals surface area contributed by atoms with Crippen LogP contribution in [0, 0.1) is 0 Å². The molecule has 0 unspecified atom stereocenters. The van der Waals surface area contributed by atoms with Crippen molar-refractivity contribution < 1.29 is 4.79 Å². The number of carbonyl (C=O) groups is 1. The quantitative estimate of drug-likeness (QED) is 0.767. The van der Waals surface area contributed by atoms with Crippen LogP contribution < -0.4 is 5.32 Å². The molecule has 0 atom stereocenters. The highest BCUT2D eigenvalue weighted by molar-refractivity contribution is 6.30. The van der Waals surface area contributed by atoms with Crippen LogP contribution in [-0.2, 0) is 16.8 Å². The van der Waals surface area contributed by atoms with Gasteiger partial charge >= 0.3 is 0 Å². The number of pyridine rings is 1. The molecule has 3 aromatic rings. The minimum atomic E-state index is -0.437. The Labute approximate surface area is 151 Å². The van der Waals surface area contributed by atoms with Crippen LogP contribution in [0.2, 0.25) is 5.02 Å². The molecule has 0 radical (unpaired) electrons. The van der Waals surface area contributed by atoms with Crippen molar-refractivity contribution in [3.8, 4) is 0 Å². The van der Waals surface area contributed by atoms with Gasteiger partial charge in [-0.25, -0.2) is 4.52 Å². The topological polar surface area (TPSA) is 46.4 Å². The number of nitrogens with one attached hydrogen (secondary N) is 1. The average molecular weight is 354 g/mol. The lowest BCUT2D eigenvalue weighted by molar-refractivity contribution is -0.126. The predicted octanol–water partition coefficient (Wildman–Crippen LogP) is 4.12. The summed E-state index contributed by atoms with van der Waals surface area (Å²) in [6.07, 6.45) is 7.65. The van der Waals surface area contributed by atoms with Gasteiger partial charge in [-0.05, 0) is 42.7 Å². The van der Waals surface area contributed by atoms with Crippen LogP contribution in [-0.4, -0.2) is 15.5 Å². The molecule has 2 heterocycles. The molecule has 1 aromatic carbocycles. The summed E-state index contributed by atoms with van der Waals surface area (Å²) in [4.78, 5) is 13.1. The van der Waals surface area contributed by atoms with Crippen molar-refractivity contribution in [1.29, 1.82) is 0 Å². The summed E-state index contributed by atoms with van der Waals surface area (Å²) in [5.74, 6) is 0.0996. The van der Waals surface area contributed by atoms with Gasteiger partial charge in [-0.3, -0.25) is 4.79 Å². The SMILES string of the molecule is O=C(NCc1cnn2ccccc12)C1(c2ccc(Cl)cc2)CCCC1. The number of benzene rings is 1. The Morgan fingerprint density at radius 2 is 1.92 bits per heavy atom. The van der Waals surface area contributed by atoms with Crippen LogP contribution in [0.5, 0.6) is 0 Å². The third kappa shape index (κ3) is 2.91. The molecule has 1 saturated carbocycles. The average Bonchev–Trinajstić information content (AvgIpc) is 3.28. The smallest absolute Gasteiger partial charge is 0.230 e. The molecule has 4 nitrogen and oxygen atoms in total. The summed E-state index contributed by atoms with van der Waals surface area (Å²) >= 11 is 6.02. The Balaban J connectivity index is 1.56. The number of hydrogen-bond acceptors (Lipinski definition) is 2. The van der Waals surface area contributed by atoms with E-state index in [9.17, 15) is 4.79 Å². The summed E-state index contributed by atoms with van der Waals surface area (Å²) in [6.45, 7) is 0.488. The lowest BCUT2D eigenvalue weighted by Gasteiger charge is -2.28. The predicted molar refractivity (Wildman–Crippen MR) is 98.6 cm³/mol. The van der Waals surface area contributed by atoms with Crippen LogP contribution in [0.25, 0.3) is 5.52 Å². The second kappa shape index (κ2) is 6.52. The van der Waals surface area contributed by atoms with Crippen LogP contribution in [0.4, 0.5) is 0 Å². The van der Waals surface area contributed by atoms with E-state index in [1.807, 2.05) is 59.4 Å². The van der Waals surface area contributed by atoms with Crippen molar-refractivity contribution in [2.45, 2.75) is 37.6 Å². The van der Waals surface area contributed by atoms with Crippen molar-refractivity contribution in [3.05, 3.63) is 71.0 Å². The molecule has 4 rings (SSSR count). The van der Waals surface area contributed by atoms with Gasteiger partial charge in [-0.2, -0.15) is 5.10 Å². The molecule has 0 saturated heterocycles. The molecule has 1 fully saturated rings. The monoisotopic (exact) mass is 353 g/mol. The van der Waals surface area contributed by atoms with Gasteiger partial charge in [0, 0.05) is 23.3 Å². The molecule has 2 aromatic heterocycles. The molecular weight excluding hydrogens is 334 g/mol. The lowest BCUT2D eigenvalue weighted by atomic mass is 9.78. The highest BCUT2D eigenvalue weighted by atomic mass is 35.5.